The van der Waals surface area contributed by atoms with Crippen molar-refractivity contribution >= 4 is 39.5 Å². The summed E-state index contributed by atoms with van der Waals surface area (Å²) in [6.45, 7) is 12.3. The molecule has 2 saturated carbocycles. The number of H-pyrrole nitrogens is 1. The summed E-state index contributed by atoms with van der Waals surface area (Å²) in [7, 11) is 0. The highest BCUT2D eigenvalue weighted by Crippen LogP contribution is 2.54. The Hall–Kier alpha value is -4.39. The number of hydrogen-bond acceptors (Lipinski definition) is 8. The van der Waals surface area contributed by atoms with Gasteiger partial charge in [-0.1, -0.05) is 12.6 Å². The van der Waals surface area contributed by atoms with Gasteiger partial charge in [0.25, 0.3) is 0 Å². The molecule has 10 rings (SSSR count). The van der Waals surface area contributed by atoms with Crippen molar-refractivity contribution in [2.75, 3.05) is 75.3 Å². The lowest BCUT2D eigenvalue weighted by molar-refractivity contribution is -0.153. The van der Waals surface area contributed by atoms with E-state index in [0.29, 0.717) is 17.0 Å². The molecule has 13 heteroatoms. The number of hydrogen-bond donors (Lipinski definition) is 1. The Kier molecular flexibility index (Phi) is 8.17. The quantitative estimate of drug-likeness (QED) is 0.179. The van der Waals surface area contributed by atoms with E-state index >= 15 is 0 Å². The van der Waals surface area contributed by atoms with Crippen molar-refractivity contribution in [3.05, 3.63) is 48.2 Å². The lowest BCUT2D eigenvalue weighted by atomic mass is 9.72. The lowest BCUT2D eigenvalue weighted by Crippen LogP contribution is -2.62. The molecule has 2 aromatic heterocycles. The number of ether oxygens (including phenoxy) is 1. The summed E-state index contributed by atoms with van der Waals surface area (Å²) in [6.07, 6.45) is 7.28. The molecule has 0 radical (unpaired) electrons. The monoisotopic (exact) mass is 754 g/mol. The number of anilines is 2. The van der Waals surface area contributed by atoms with Gasteiger partial charge in [-0.3, -0.25) is 9.89 Å². The zero-order valence-electron chi connectivity index (χ0n) is 31.6. The van der Waals surface area contributed by atoms with Crippen molar-refractivity contribution in [3.63, 3.8) is 0 Å². The van der Waals surface area contributed by atoms with E-state index in [1.165, 1.54) is 25.5 Å². The van der Waals surface area contributed by atoms with Gasteiger partial charge in [0.15, 0.2) is 12.4 Å². The molecule has 4 saturated heterocycles. The molecule has 6 fully saturated rings. The standard InChI is InChI=1S/C42H49F3N8O2/c1-3-33(54)52-21-41(22-52)12-16-51(17-13-41)38-30-18-29(28-7-8-28)35(34-26(2)4-9-32-31(34)19-46-49-32)37(55-25-42(43,44)45)36(30)47-39(48-38)53-23-40(24-53)10-14-50(15-11-40)20-27-5-6-27/h3-4,9,18-19,27-28H,1,5-8,10-17,20-25H2,2H3,(H,46,49). The molecule has 2 aliphatic carbocycles. The molecule has 6 heterocycles. The van der Waals surface area contributed by atoms with E-state index in [4.69, 9.17) is 14.7 Å². The number of nitrogens with one attached hydrogen (secondary N) is 1. The first-order valence-corrected chi connectivity index (χ1v) is 20.1. The van der Waals surface area contributed by atoms with E-state index in [9.17, 15) is 18.0 Å². The molecule has 4 aliphatic heterocycles. The van der Waals surface area contributed by atoms with Gasteiger partial charge in [0.05, 0.1) is 11.7 Å². The van der Waals surface area contributed by atoms with Crippen LogP contribution in [0.2, 0.25) is 0 Å². The molecule has 2 spiro atoms. The van der Waals surface area contributed by atoms with Crippen molar-refractivity contribution in [1.29, 1.82) is 0 Å². The SMILES string of the molecule is C=CC(=O)N1CC2(CCN(c3nc(N4CC5(CCN(CC6CC6)CC5)C4)nc4c(OCC(F)(F)F)c(-c5c(C)ccc6[nH]ncc56)c(C5CC5)cc34)CC2)C1. The van der Waals surface area contributed by atoms with Crippen molar-refractivity contribution in [3.8, 4) is 16.9 Å². The van der Waals surface area contributed by atoms with Crippen molar-refractivity contribution in [2.24, 2.45) is 16.7 Å². The van der Waals surface area contributed by atoms with E-state index in [-0.39, 0.29) is 28.4 Å². The molecular formula is C42H49F3N8O2. The van der Waals surface area contributed by atoms with E-state index in [2.05, 4.69) is 37.5 Å². The number of carbonyl (C=O) groups is 1. The number of nitrogens with zero attached hydrogens (tertiary/aromatic N) is 7. The van der Waals surface area contributed by atoms with Crippen LogP contribution in [0.25, 0.3) is 32.9 Å². The Morgan fingerprint density at radius 3 is 2.33 bits per heavy atom. The Bertz CT molecular complexity index is 2160. The number of carbonyl (C=O) groups excluding carboxylic acids is 1. The zero-order valence-corrected chi connectivity index (χ0v) is 31.6. The summed E-state index contributed by atoms with van der Waals surface area (Å²) in [6, 6.07) is 6.11. The van der Waals surface area contributed by atoms with Gasteiger partial charge in [0, 0.05) is 73.0 Å². The second-order valence-electron chi connectivity index (χ2n) is 17.7. The minimum Gasteiger partial charge on any atom is -0.481 e. The Labute approximate surface area is 319 Å². The third kappa shape index (κ3) is 6.39. The Morgan fingerprint density at radius 1 is 0.945 bits per heavy atom. The number of aromatic nitrogens is 4. The van der Waals surface area contributed by atoms with Crippen LogP contribution in [0.1, 0.15) is 68.4 Å². The summed E-state index contributed by atoms with van der Waals surface area (Å²) in [5.41, 5.74) is 4.94. The average Bonchev–Trinajstić information content (AvgIpc) is 4.10. The molecule has 6 aliphatic rings. The van der Waals surface area contributed by atoms with Crippen LogP contribution in [0, 0.1) is 23.7 Å². The van der Waals surface area contributed by atoms with Crippen LogP contribution in [0.5, 0.6) is 5.75 Å². The highest BCUT2D eigenvalue weighted by Gasteiger charge is 2.48. The molecule has 4 aromatic rings. The third-order valence-electron chi connectivity index (χ3n) is 13.6. The zero-order chi connectivity index (χ0) is 37.7. The summed E-state index contributed by atoms with van der Waals surface area (Å²) >= 11 is 0. The smallest absolute Gasteiger partial charge is 0.422 e. The Balaban J connectivity index is 1.08. The first-order chi connectivity index (χ1) is 26.5. The van der Waals surface area contributed by atoms with Gasteiger partial charge in [-0.25, -0.2) is 4.98 Å². The number of amides is 1. The first-order valence-electron chi connectivity index (χ1n) is 20.1. The van der Waals surface area contributed by atoms with Gasteiger partial charge >= 0.3 is 6.18 Å². The highest BCUT2D eigenvalue weighted by molar-refractivity contribution is 6.06. The maximum atomic E-state index is 14.2. The van der Waals surface area contributed by atoms with Crippen molar-refractivity contribution in [2.45, 2.75) is 70.4 Å². The van der Waals surface area contributed by atoms with E-state index in [1.807, 2.05) is 24.0 Å². The molecule has 2 aromatic carbocycles. The van der Waals surface area contributed by atoms with Crippen LogP contribution in [-0.2, 0) is 4.79 Å². The fourth-order valence-corrected chi connectivity index (χ4v) is 9.99. The van der Waals surface area contributed by atoms with Crippen LogP contribution in [0.3, 0.4) is 0 Å². The van der Waals surface area contributed by atoms with E-state index < -0.39 is 12.8 Å². The molecule has 290 valence electrons. The van der Waals surface area contributed by atoms with Crippen LogP contribution in [0.15, 0.2) is 37.1 Å². The first kappa shape index (κ1) is 35.1. The Morgan fingerprint density at radius 2 is 1.65 bits per heavy atom. The van der Waals surface area contributed by atoms with Gasteiger partial charge in [-0.15, -0.1) is 0 Å². The van der Waals surface area contributed by atoms with E-state index in [1.54, 1.807) is 6.20 Å². The van der Waals surface area contributed by atoms with Crippen LogP contribution >= 0.6 is 0 Å². The summed E-state index contributed by atoms with van der Waals surface area (Å²) in [5.74, 6) is 2.53. The van der Waals surface area contributed by atoms with Gasteiger partial charge < -0.3 is 24.3 Å². The molecule has 1 amide bonds. The number of benzene rings is 2. The maximum Gasteiger partial charge on any atom is 0.422 e. The molecule has 0 unspecified atom stereocenters. The number of rotatable bonds is 9. The largest absolute Gasteiger partial charge is 0.481 e. The second-order valence-corrected chi connectivity index (χ2v) is 17.7. The minimum atomic E-state index is -4.54. The summed E-state index contributed by atoms with van der Waals surface area (Å²) in [4.78, 5) is 31.8. The fourth-order valence-electron chi connectivity index (χ4n) is 9.99. The average molecular weight is 755 g/mol. The number of fused-ring (bicyclic) bond motifs is 2. The summed E-state index contributed by atoms with van der Waals surface area (Å²) in [5, 5.41) is 8.96. The molecule has 1 N–H and O–H groups in total. The molecule has 0 bridgehead atoms. The fraction of sp³-hybridized carbons (Fsp3) is 0.571. The molecule has 10 nitrogen and oxygen atoms in total. The topological polar surface area (TPSA) is 93.7 Å². The number of aromatic amines is 1. The molecule has 55 heavy (non-hydrogen) atoms. The number of likely N-dealkylation sites (tertiary alicyclic amines) is 2. The van der Waals surface area contributed by atoms with Gasteiger partial charge in [0.1, 0.15) is 11.3 Å². The van der Waals surface area contributed by atoms with Gasteiger partial charge in [0.2, 0.25) is 11.9 Å². The van der Waals surface area contributed by atoms with E-state index in [0.717, 1.165) is 136 Å². The number of aryl methyl sites for hydroxylation is 1. The van der Waals surface area contributed by atoms with Crippen LogP contribution < -0.4 is 14.5 Å². The highest BCUT2D eigenvalue weighted by atomic mass is 19.4. The summed E-state index contributed by atoms with van der Waals surface area (Å²) < 4.78 is 48.5. The number of alkyl halides is 3. The normalized spacial score (nSPS) is 22.4. The minimum absolute atomic E-state index is 0.0310. The molecular weight excluding hydrogens is 706 g/mol. The van der Waals surface area contributed by atoms with Crippen molar-refractivity contribution < 1.29 is 22.7 Å². The second kappa shape index (κ2) is 12.8. The predicted octanol–water partition coefficient (Wildman–Crippen LogP) is 7.23. The third-order valence-corrected chi connectivity index (χ3v) is 13.6. The predicted molar refractivity (Wildman–Crippen MR) is 207 cm³/mol. The van der Waals surface area contributed by atoms with Crippen molar-refractivity contribution in [1.82, 2.24) is 30.0 Å². The van der Waals surface area contributed by atoms with Gasteiger partial charge in [-0.2, -0.15) is 23.3 Å². The lowest BCUT2D eigenvalue weighted by Gasteiger charge is -2.54. The van der Waals surface area contributed by atoms with Crippen LogP contribution in [-0.4, -0.2) is 108 Å². The molecule has 0 atom stereocenters. The number of piperidine rings is 2. The van der Waals surface area contributed by atoms with Gasteiger partial charge in [-0.05, 0) is 118 Å². The van der Waals surface area contributed by atoms with Crippen LogP contribution in [0.4, 0.5) is 24.9 Å². The maximum absolute atomic E-state index is 14.2. The number of halogens is 3.